The van der Waals surface area contributed by atoms with Crippen molar-refractivity contribution < 1.29 is 9.53 Å². The van der Waals surface area contributed by atoms with Gasteiger partial charge in [0.05, 0.1) is 0 Å². The number of amides is 1. The lowest BCUT2D eigenvalue weighted by Gasteiger charge is -2.20. The van der Waals surface area contributed by atoms with Crippen molar-refractivity contribution in [3.8, 4) is 0 Å². The number of nitrogens with one attached hydrogen (secondary N) is 1. The number of anilines is 1. The molecule has 0 saturated heterocycles. The Morgan fingerprint density at radius 3 is 2.44 bits per heavy atom. The third-order valence-corrected chi connectivity index (χ3v) is 2.41. The van der Waals surface area contributed by atoms with Gasteiger partial charge >= 0.3 is 6.09 Å². The van der Waals surface area contributed by atoms with Crippen molar-refractivity contribution in [2.75, 3.05) is 5.32 Å². The number of aryl methyl sites for hydroxylation is 1. The quantitative estimate of drug-likeness (QED) is 0.845. The maximum Gasteiger partial charge on any atom is 0.412 e. The van der Waals surface area contributed by atoms with Crippen molar-refractivity contribution >= 4 is 11.8 Å². The molecule has 18 heavy (non-hydrogen) atoms. The Morgan fingerprint density at radius 2 is 2.00 bits per heavy atom. The van der Waals surface area contributed by atoms with E-state index in [4.69, 9.17) is 10.5 Å². The molecule has 0 saturated carbocycles. The van der Waals surface area contributed by atoms with Crippen LogP contribution in [0.1, 0.15) is 44.9 Å². The molecule has 0 aliphatic carbocycles. The average molecular weight is 250 g/mol. The van der Waals surface area contributed by atoms with Crippen molar-refractivity contribution in [3.63, 3.8) is 0 Å². The Balaban J connectivity index is 2.77. The average Bonchev–Trinajstić information content (AvgIpc) is 2.17. The molecule has 1 aromatic carbocycles. The fourth-order valence-corrected chi connectivity index (χ4v) is 1.52. The fraction of sp³-hybridized carbons (Fsp3) is 0.500. The first-order valence-corrected chi connectivity index (χ1v) is 6.05. The van der Waals surface area contributed by atoms with Gasteiger partial charge in [-0.15, -0.1) is 0 Å². The van der Waals surface area contributed by atoms with E-state index in [0.29, 0.717) is 0 Å². The van der Waals surface area contributed by atoms with Crippen molar-refractivity contribution in [3.05, 3.63) is 29.3 Å². The Morgan fingerprint density at radius 1 is 1.39 bits per heavy atom. The van der Waals surface area contributed by atoms with Crippen LogP contribution in [-0.4, -0.2) is 11.7 Å². The van der Waals surface area contributed by atoms with E-state index >= 15 is 0 Å². The lowest BCUT2D eigenvalue weighted by Crippen LogP contribution is -2.27. The molecule has 0 radical (unpaired) electrons. The van der Waals surface area contributed by atoms with Gasteiger partial charge in [0.1, 0.15) is 5.60 Å². The molecule has 0 spiro atoms. The standard InChI is InChI=1S/C14H22N2O2/c1-9-8-11(10(2)15)6-7-12(9)16-13(17)18-14(3,4)5/h6-8,10H,15H2,1-5H3,(H,16,17)/t10-/m1/s1. The zero-order valence-electron chi connectivity index (χ0n) is 11.7. The SMILES string of the molecule is Cc1cc([C@@H](C)N)ccc1NC(=O)OC(C)(C)C. The summed E-state index contributed by atoms with van der Waals surface area (Å²) in [7, 11) is 0. The van der Waals surface area contributed by atoms with Crippen LogP contribution in [0.2, 0.25) is 0 Å². The maximum absolute atomic E-state index is 11.6. The Hall–Kier alpha value is -1.55. The normalized spacial score (nSPS) is 13.0. The number of rotatable bonds is 2. The van der Waals surface area contributed by atoms with E-state index < -0.39 is 11.7 Å². The van der Waals surface area contributed by atoms with E-state index in [1.807, 2.05) is 52.8 Å². The van der Waals surface area contributed by atoms with Crippen LogP contribution in [0.15, 0.2) is 18.2 Å². The second-order valence-electron chi connectivity index (χ2n) is 5.49. The number of carbonyl (C=O) groups is 1. The molecule has 1 amide bonds. The number of benzene rings is 1. The summed E-state index contributed by atoms with van der Waals surface area (Å²) in [6.07, 6.45) is -0.445. The van der Waals surface area contributed by atoms with Gasteiger partial charge in [0.15, 0.2) is 0 Å². The third kappa shape index (κ3) is 4.37. The van der Waals surface area contributed by atoms with Gasteiger partial charge in [0, 0.05) is 11.7 Å². The van der Waals surface area contributed by atoms with Crippen LogP contribution in [0.5, 0.6) is 0 Å². The number of hydrogen-bond acceptors (Lipinski definition) is 3. The van der Waals surface area contributed by atoms with Gasteiger partial charge in [0.2, 0.25) is 0 Å². The van der Waals surface area contributed by atoms with E-state index in [1.165, 1.54) is 0 Å². The zero-order chi connectivity index (χ0) is 13.9. The molecule has 0 aliphatic heterocycles. The van der Waals surface area contributed by atoms with Crippen molar-refractivity contribution in [2.45, 2.75) is 46.3 Å². The Bertz CT molecular complexity index is 434. The number of hydrogen-bond donors (Lipinski definition) is 2. The molecule has 4 heteroatoms. The molecule has 3 N–H and O–H groups in total. The summed E-state index contributed by atoms with van der Waals surface area (Å²) in [5, 5.41) is 2.73. The molecule has 0 aliphatic rings. The summed E-state index contributed by atoms with van der Waals surface area (Å²) in [6.45, 7) is 9.35. The summed E-state index contributed by atoms with van der Waals surface area (Å²) >= 11 is 0. The van der Waals surface area contributed by atoms with Gasteiger partial charge in [-0.05, 0) is 51.8 Å². The van der Waals surface area contributed by atoms with Crippen LogP contribution >= 0.6 is 0 Å². The van der Waals surface area contributed by atoms with Crippen molar-refractivity contribution in [1.82, 2.24) is 0 Å². The number of carbonyl (C=O) groups excluding carboxylic acids is 1. The monoisotopic (exact) mass is 250 g/mol. The van der Waals surface area contributed by atoms with E-state index in [9.17, 15) is 4.79 Å². The van der Waals surface area contributed by atoms with Crippen LogP contribution in [0.3, 0.4) is 0 Å². The summed E-state index contributed by atoms with van der Waals surface area (Å²) in [5.41, 5.74) is 8.06. The van der Waals surface area contributed by atoms with Gasteiger partial charge in [-0.1, -0.05) is 12.1 Å². The molecular formula is C14H22N2O2. The van der Waals surface area contributed by atoms with Gasteiger partial charge in [-0.3, -0.25) is 5.32 Å². The number of nitrogens with two attached hydrogens (primary N) is 1. The highest BCUT2D eigenvalue weighted by molar-refractivity contribution is 5.85. The molecule has 1 atom stereocenters. The van der Waals surface area contributed by atoms with Crippen LogP contribution in [0.4, 0.5) is 10.5 Å². The van der Waals surface area contributed by atoms with Gasteiger partial charge in [-0.25, -0.2) is 4.79 Å². The molecule has 0 aromatic heterocycles. The summed E-state index contributed by atoms with van der Waals surface area (Å²) in [5.74, 6) is 0. The minimum Gasteiger partial charge on any atom is -0.444 e. The topological polar surface area (TPSA) is 64.3 Å². The summed E-state index contributed by atoms with van der Waals surface area (Å²) in [4.78, 5) is 11.6. The molecule has 0 heterocycles. The fourth-order valence-electron chi connectivity index (χ4n) is 1.52. The van der Waals surface area contributed by atoms with E-state index in [2.05, 4.69) is 5.32 Å². The first-order chi connectivity index (χ1) is 8.19. The summed E-state index contributed by atoms with van der Waals surface area (Å²) in [6, 6.07) is 5.71. The van der Waals surface area contributed by atoms with Crippen LogP contribution < -0.4 is 11.1 Å². The van der Waals surface area contributed by atoms with Crippen LogP contribution in [-0.2, 0) is 4.74 Å². The van der Waals surface area contributed by atoms with Crippen LogP contribution in [0, 0.1) is 6.92 Å². The molecule has 100 valence electrons. The first-order valence-electron chi connectivity index (χ1n) is 6.05. The highest BCUT2D eigenvalue weighted by Gasteiger charge is 2.16. The van der Waals surface area contributed by atoms with Crippen LogP contribution in [0.25, 0.3) is 0 Å². The first kappa shape index (κ1) is 14.5. The highest BCUT2D eigenvalue weighted by atomic mass is 16.6. The van der Waals surface area contributed by atoms with Crippen molar-refractivity contribution in [1.29, 1.82) is 0 Å². The van der Waals surface area contributed by atoms with E-state index in [-0.39, 0.29) is 6.04 Å². The highest BCUT2D eigenvalue weighted by Crippen LogP contribution is 2.20. The molecule has 0 fully saturated rings. The molecule has 1 rings (SSSR count). The Labute approximate surface area is 109 Å². The second kappa shape index (κ2) is 5.40. The van der Waals surface area contributed by atoms with Gasteiger partial charge < -0.3 is 10.5 Å². The molecular weight excluding hydrogens is 228 g/mol. The predicted molar refractivity (Wildman–Crippen MR) is 73.6 cm³/mol. The second-order valence-corrected chi connectivity index (χ2v) is 5.49. The predicted octanol–water partition coefficient (Wildman–Crippen LogP) is 3.36. The smallest absolute Gasteiger partial charge is 0.412 e. The largest absolute Gasteiger partial charge is 0.444 e. The molecule has 0 bridgehead atoms. The van der Waals surface area contributed by atoms with Crippen molar-refractivity contribution in [2.24, 2.45) is 5.73 Å². The Kier molecular flexibility index (Phi) is 4.35. The lowest BCUT2D eigenvalue weighted by atomic mass is 10.1. The molecule has 0 unspecified atom stereocenters. The summed E-state index contributed by atoms with van der Waals surface area (Å²) < 4.78 is 5.20. The minimum absolute atomic E-state index is 0.0146. The van der Waals surface area contributed by atoms with Gasteiger partial charge in [-0.2, -0.15) is 0 Å². The van der Waals surface area contributed by atoms with Gasteiger partial charge in [0.25, 0.3) is 0 Å². The zero-order valence-corrected chi connectivity index (χ0v) is 11.7. The molecule has 4 nitrogen and oxygen atoms in total. The van der Waals surface area contributed by atoms with E-state index in [0.717, 1.165) is 16.8 Å². The lowest BCUT2D eigenvalue weighted by molar-refractivity contribution is 0.0636. The molecule has 1 aromatic rings. The maximum atomic E-state index is 11.6. The minimum atomic E-state index is -0.496. The number of ether oxygens (including phenoxy) is 1. The van der Waals surface area contributed by atoms with E-state index in [1.54, 1.807) is 0 Å². The third-order valence-electron chi connectivity index (χ3n) is 2.41.